The Morgan fingerprint density at radius 1 is 0.895 bits per heavy atom. The van der Waals surface area contributed by atoms with Gasteiger partial charge in [-0.15, -0.1) is 0 Å². The molecule has 0 heterocycles. The van der Waals surface area contributed by atoms with Gasteiger partial charge in [0.25, 0.3) is 0 Å². The summed E-state index contributed by atoms with van der Waals surface area (Å²) < 4.78 is 9.80. The molecule has 0 bridgehead atoms. The summed E-state index contributed by atoms with van der Waals surface area (Å²) in [7, 11) is 0. The third-order valence-electron chi connectivity index (χ3n) is 2.11. The number of rotatable bonds is 9. The smallest absolute Gasteiger partial charge is 0.316 e. The number of ketones is 2. The molecule has 0 aromatic carbocycles. The van der Waals surface area contributed by atoms with Gasteiger partial charge in [-0.2, -0.15) is 0 Å². The molecule has 0 spiro atoms. The topological polar surface area (TPSA) is 86.7 Å². The first-order chi connectivity index (χ1) is 8.85. The second-order valence-corrected chi connectivity index (χ2v) is 4.31. The molecule has 0 aromatic rings. The van der Waals surface area contributed by atoms with Gasteiger partial charge in [0.2, 0.25) is 6.29 Å². The standard InChI is InChI=1S/C13H20O6/c1-4-5-6-13(18-11(16)7-9(2)14)19-12(17)8-10(3)15/h13H,4-8H2,1-3H3. The van der Waals surface area contributed by atoms with E-state index in [1.807, 2.05) is 6.92 Å². The van der Waals surface area contributed by atoms with Crippen molar-refractivity contribution in [2.45, 2.75) is 59.2 Å². The van der Waals surface area contributed by atoms with E-state index in [1.165, 1.54) is 13.8 Å². The van der Waals surface area contributed by atoms with E-state index in [1.54, 1.807) is 0 Å². The maximum atomic E-state index is 11.3. The Morgan fingerprint density at radius 2 is 1.32 bits per heavy atom. The highest BCUT2D eigenvalue weighted by atomic mass is 16.7. The number of ether oxygens (including phenoxy) is 2. The van der Waals surface area contributed by atoms with Crippen LogP contribution in [0.4, 0.5) is 0 Å². The fraction of sp³-hybridized carbons (Fsp3) is 0.692. The van der Waals surface area contributed by atoms with Crippen molar-refractivity contribution in [3.8, 4) is 0 Å². The maximum absolute atomic E-state index is 11.3. The van der Waals surface area contributed by atoms with Crippen LogP contribution >= 0.6 is 0 Å². The lowest BCUT2D eigenvalue weighted by Gasteiger charge is -2.17. The molecular weight excluding hydrogens is 252 g/mol. The molecule has 0 N–H and O–H groups in total. The van der Waals surface area contributed by atoms with E-state index in [9.17, 15) is 19.2 Å². The second-order valence-electron chi connectivity index (χ2n) is 4.31. The molecule has 0 radical (unpaired) electrons. The highest BCUT2D eigenvalue weighted by Gasteiger charge is 2.20. The fourth-order valence-electron chi connectivity index (χ4n) is 1.30. The lowest BCUT2D eigenvalue weighted by Crippen LogP contribution is -2.26. The summed E-state index contributed by atoms with van der Waals surface area (Å²) >= 11 is 0. The molecule has 0 unspecified atom stereocenters. The van der Waals surface area contributed by atoms with Gasteiger partial charge in [-0.1, -0.05) is 13.3 Å². The van der Waals surface area contributed by atoms with Crippen molar-refractivity contribution < 1.29 is 28.7 Å². The van der Waals surface area contributed by atoms with Gasteiger partial charge in [-0.05, 0) is 20.3 Å². The van der Waals surface area contributed by atoms with E-state index < -0.39 is 18.2 Å². The minimum Gasteiger partial charge on any atom is -0.425 e. The van der Waals surface area contributed by atoms with Crippen molar-refractivity contribution in [1.29, 1.82) is 0 Å². The molecule has 19 heavy (non-hydrogen) atoms. The third-order valence-corrected chi connectivity index (χ3v) is 2.11. The van der Waals surface area contributed by atoms with E-state index in [4.69, 9.17) is 9.47 Å². The van der Waals surface area contributed by atoms with Gasteiger partial charge in [-0.3, -0.25) is 19.2 Å². The van der Waals surface area contributed by atoms with Crippen LogP contribution in [-0.4, -0.2) is 29.8 Å². The zero-order valence-electron chi connectivity index (χ0n) is 11.6. The summed E-state index contributed by atoms with van der Waals surface area (Å²) in [5.41, 5.74) is 0. The molecule has 0 atom stereocenters. The van der Waals surface area contributed by atoms with Gasteiger partial charge in [-0.25, -0.2) is 0 Å². The molecule has 0 aliphatic carbocycles. The molecule has 0 amide bonds. The summed E-state index contributed by atoms with van der Waals surface area (Å²) in [5, 5.41) is 0. The Kier molecular flexibility index (Phi) is 8.41. The predicted octanol–water partition coefficient (Wildman–Crippen LogP) is 1.55. The van der Waals surface area contributed by atoms with Crippen LogP contribution in [0, 0.1) is 0 Å². The number of hydrogen-bond donors (Lipinski definition) is 0. The van der Waals surface area contributed by atoms with Crippen LogP contribution in [0.2, 0.25) is 0 Å². The number of hydrogen-bond acceptors (Lipinski definition) is 6. The van der Waals surface area contributed by atoms with E-state index in [0.717, 1.165) is 6.42 Å². The van der Waals surface area contributed by atoms with E-state index >= 15 is 0 Å². The summed E-state index contributed by atoms with van der Waals surface area (Å²) in [6.45, 7) is 4.47. The molecule has 0 saturated carbocycles. The quantitative estimate of drug-likeness (QED) is 0.359. The van der Waals surface area contributed by atoms with Crippen LogP contribution in [0.3, 0.4) is 0 Å². The monoisotopic (exact) mass is 272 g/mol. The van der Waals surface area contributed by atoms with Gasteiger partial charge in [0.05, 0.1) is 0 Å². The molecule has 0 saturated heterocycles. The van der Waals surface area contributed by atoms with Crippen molar-refractivity contribution >= 4 is 23.5 Å². The lowest BCUT2D eigenvalue weighted by atomic mass is 10.2. The molecule has 0 rings (SSSR count). The Morgan fingerprint density at radius 3 is 1.63 bits per heavy atom. The summed E-state index contributed by atoms with van der Waals surface area (Å²) in [5.74, 6) is -2.11. The Bertz CT molecular complexity index is 317. The van der Waals surface area contributed by atoms with Crippen LogP contribution in [0.1, 0.15) is 52.9 Å². The lowest BCUT2D eigenvalue weighted by molar-refractivity contribution is -0.188. The van der Waals surface area contributed by atoms with Gasteiger partial charge in [0.1, 0.15) is 24.4 Å². The number of carbonyl (C=O) groups is 4. The van der Waals surface area contributed by atoms with E-state index in [-0.39, 0.29) is 24.4 Å². The zero-order valence-corrected chi connectivity index (χ0v) is 11.6. The highest BCUT2D eigenvalue weighted by Crippen LogP contribution is 2.09. The van der Waals surface area contributed by atoms with E-state index in [0.29, 0.717) is 12.8 Å². The maximum Gasteiger partial charge on any atom is 0.316 e. The minimum absolute atomic E-state index is 0.325. The molecule has 0 aliphatic rings. The van der Waals surface area contributed by atoms with Gasteiger partial charge in [0.15, 0.2) is 0 Å². The minimum atomic E-state index is -1.03. The van der Waals surface area contributed by atoms with Crippen LogP contribution in [-0.2, 0) is 28.7 Å². The van der Waals surface area contributed by atoms with Crippen molar-refractivity contribution in [3.63, 3.8) is 0 Å². The normalized spacial score (nSPS) is 10.1. The molecule has 0 fully saturated rings. The third kappa shape index (κ3) is 9.93. The van der Waals surface area contributed by atoms with Crippen LogP contribution in [0.5, 0.6) is 0 Å². The molecular formula is C13H20O6. The number of Topliss-reactive ketones (excluding diaryl/α,β-unsaturated/α-hetero) is 2. The Balaban J connectivity index is 4.36. The molecule has 108 valence electrons. The first-order valence-corrected chi connectivity index (χ1v) is 6.23. The number of unbranched alkanes of at least 4 members (excludes halogenated alkanes) is 1. The van der Waals surface area contributed by atoms with E-state index in [2.05, 4.69) is 0 Å². The predicted molar refractivity (Wildman–Crippen MR) is 66.1 cm³/mol. The van der Waals surface area contributed by atoms with Crippen LogP contribution in [0.25, 0.3) is 0 Å². The first-order valence-electron chi connectivity index (χ1n) is 6.23. The number of esters is 2. The Hall–Kier alpha value is -1.72. The summed E-state index contributed by atoms with van der Waals surface area (Å²) in [6.07, 6.45) is 0.151. The zero-order chi connectivity index (χ0) is 14.8. The molecule has 6 nitrogen and oxygen atoms in total. The molecule has 0 aliphatic heterocycles. The summed E-state index contributed by atoms with van der Waals surface area (Å²) in [6, 6.07) is 0. The average molecular weight is 272 g/mol. The molecule has 6 heteroatoms. The van der Waals surface area contributed by atoms with Gasteiger partial charge in [0, 0.05) is 6.42 Å². The Labute approximate surface area is 112 Å². The molecule has 0 aromatic heterocycles. The van der Waals surface area contributed by atoms with Crippen LogP contribution < -0.4 is 0 Å². The fourth-order valence-corrected chi connectivity index (χ4v) is 1.30. The van der Waals surface area contributed by atoms with Crippen LogP contribution in [0.15, 0.2) is 0 Å². The number of carbonyl (C=O) groups excluding carboxylic acids is 4. The van der Waals surface area contributed by atoms with Crippen molar-refractivity contribution in [3.05, 3.63) is 0 Å². The second kappa shape index (κ2) is 9.24. The first kappa shape index (κ1) is 17.3. The SMILES string of the molecule is CCCCC(OC(=O)CC(C)=O)OC(=O)CC(C)=O. The largest absolute Gasteiger partial charge is 0.425 e. The highest BCUT2D eigenvalue weighted by molar-refractivity contribution is 5.95. The van der Waals surface area contributed by atoms with Gasteiger partial charge >= 0.3 is 11.9 Å². The summed E-state index contributed by atoms with van der Waals surface area (Å²) in [4.78, 5) is 44.2. The van der Waals surface area contributed by atoms with Crippen molar-refractivity contribution in [2.24, 2.45) is 0 Å². The average Bonchev–Trinajstić information content (AvgIpc) is 2.23. The van der Waals surface area contributed by atoms with Crippen molar-refractivity contribution in [1.82, 2.24) is 0 Å². The van der Waals surface area contributed by atoms with Crippen molar-refractivity contribution in [2.75, 3.05) is 0 Å². The van der Waals surface area contributed by atoms with Gasteiger partial charge < -0.3 is 9.47 Å².